The zero-order valence-electron chi connectivity index (χ0n) is 27.6. The second-order valence-corrected chi connectivity index (χ2v) is 14.5. The van der Waals surface area contributed by atoms with Gasteiger partial charge in [0, 0.05) is 18.6 Å². The number of fused-ring (bicyclic) bond motifs is 2. The molecule has 18 heteroatoms. The Morgan fingerprint density at radius 2 is 0.961 bits per heavy atom. The van der Waals surface area contributed by atoms with Gasteiger partial charge in [0.15, 0.2) is 36.2 Å². The van der Waals surface area contributed by atoms with Gasteiger partial charge in [0.2, 0.25) is 0 Å². The Labute approximate surface area is 293 Å². The molecule has 0 aromatic heterocycles. The van der Waals surface area contributed by atoms with Crippen molar-refractivity contribution in [3.05, 3.63) is 71.8 Å². The molecule has 0 saturated carbocycles. The lowest BCUT2D eigenvalue weighted by Gasteiger charge is -2.21. The van der Waals surface area contributed by atoms with Crippen LogP contribution in [-0.4, -0.2) is 70.3 Å². The van der Waals surface area contributed by atoms with Crippen LogP contribution in [0.15, 0.2) is 70.5 Å². The highest BCUT2D eigenvalue weighted by Crippen LogP contribution is 2.40. The third-order valence-electron chi connectivity index (χ3n) is 7.88. The molecule has 0 bridgehead atoms. The Hall–Kier alpha value is -5.88. The number of nitrogens with one attached hydrogen (secondary N) is 4. The van der Waals surface area contributed by atoms with E-state index in [0.29, 0.717) is 22.6 Å². The van der Waals surface area contributed by atoms with Crippen LogP contribution in [0, 0.1) is 0 Å². The van der Waals surface area contributed by atoms with E-state index in [9.17, 15) is 26.4 Å². The number of carbonyl (C=O) groups excluding carboxylic acids is 2. The van der Waals surface area contributed by atoms with E-state index >= 15 is 0 Å². The third-order valence-corrected chi connectivity index (χ3v) is 10.6. The van der Waals surface area contributed by atoms with E-state index in [-0.39, 0.29) is 75.2 Å². The lowest BCUT2D eigenvalue weighted by molar-refractivity contribution is -0.119. The van der Waals surface area contributed by atoms with Crippen LogP contribution in [-0.2, 0) is 36.1 Å². The van der Waals surface area contributed by atoms with Crippen LogP contribution in [0.5, 0.6) is 34.5 Å². The largest absolute Gasteiger partial charge is 0.493 e. The number of rotatable bonds is 12. The predicted molar refractivity (Wildman–Crippen MR) is 185 cm³/mol. The van der Waals surface area contributed by atoms with Gasteiger partial charge in [-0.2, -0.15) is 0 Å². The molecule has 6 rings (SSSR count). The van der Waals surface area contributed by atoms with Crippen LogP contribution in [0.4, 0.5) is 22.7 Å². The Kier molecular flexibility index (Phi) is 9.46. The number of hydrogen-bond donors (Lipinski definition) is 4. The van der Waals surface area contributed by atoms with Crippen molar-refractivity contribution in [1.29, 1.82) is 0 Å². The minimum Gasteiger partial charge on any atom is -0.493 e. The zero-order chi connectivity index (χ0) is 36.5. The monoisotopic (exact) mass is 740 g/mol. The quantitative estimate of drug-likeness (QED) is 0.165. The summed E-state index contributed by atoms with van der Waals surface area (Å²) < 4.78 is 92.8. The molecule has 0 spiro atoms. The van der Waals surface area contributed by atoms with Crippen LogP contribution in [0.25, 0.3) is 0 Å². The number of benzene rings is 4. The van der Waals surface area contributed by atoms with Gasteiger partial charge in [-0.05, 0) is 59.7 Å². The second kappa shape index (κ2) is 13.8. The molecule has 16 nitrogen and oxygen atoms in total. The first-order valence-electron chi connectivity index (χ1n) is 15.0. The molecule has 0 atom stereocenters. The van der Waals surface area contributed by atoms with Crippen LogP contribution >= 0.6 is 0 Å². The molecule has 2 aliphatic rings. The fourth-order valence-corrected chi connectivity index (χ4v) is 7.63. The van der Waals surface area contributed by atoms with Gasteiger partial charge in [0.25, 0.3) is 31.9 Å². The molecule has 2 aliphatic heterocycles. The average molecular weight is 741 g/mol. The van der Waals surface area contributed by atoms with E-state index in [1.165, 1.54) is 77.0 Å². The Balaban J connectivity index is 1.40. The van der Waals surface area contributed by atoms with E-state index in [0.717, 1.165) is 0 Å². The molecule has 4 aromatic rings. The molecule has 4 aromatic carbocycles. The lowest BCUT2D eigenvalue weighted by Crippen LogP contribution is -2.25. The number of sulfonamides is 2. The fourth-order valence-electron chi connectivity index (χ4n) is 5.40. The highest BCUT2D eigenvalue weighted by atomic mass is 32.2. The molecule has 0 radical (unpaired) electrons. The van der Waals surface area contributed by atoms with Gasteiger partial charge >= 0.3 is 0 Å². The lowest BCUT2D eigenvalue weighted by atomic mass is 10.0. The number of methoxy groups -OCH3 is 4. The first-order valence-corrected chi connectivity index (χ1v) is 18.0. The molecule has 0 saturated heterocycles. The smallest absolute Gasteiger partial charge is 0.262 e. The van der Waals surface area contributed by atoms with Gasteiger partial charge in [-0.1, -0.05) is 0 Å². The van der Waals surface area contributed by atoms with Gasteiger partial charge in [-0.15, -0.1) is 0 Å². The van der Waals surface area contributed by atoms with Crippen LogP contribution in [0.2, 0.25) is 0 Å². The molecule has 4 N–H and O–H groups in total. The number of amides is 2. The van der Waals surface area contributed by atoms with E-state index < -0.39 is 31.9 Å². The van der Waals surface area contributed by atoms with E-state index in [1.807, 2.05) is 0 Å². The van der Waals surface area contributed by atoms with E-state index in [1.54, 1.807) is 12.1 Å². The van der Waals surface area contributed by atoms with Crippen LogP contribution in [0.1, 0.15) is 11.1 Å². The zero-order valence-corrected chi connectivity index (χ0v) is 29.2. The summed E-state index contributed by atoms with van der Waals surface area (Å²) in [5.74, 6) is 0.731. The van der Waals surface area contributed by atoms with E-state index in [2.05, 4.69) is 20.1 Å². The highest BCUT2D eigenvalue weighted by Gasteiger charge is 2.26. The summed E-state index contributed by atoms with van der Waals surface area (Å²) in [7, 11) is -2.96. The van der Waals surface area contributed by atoms with Crippen molar-refractivity contribution in [2.24, 2.45) is 0 Å². The summed E-state index contributed by atoms with van der Waals surface area (Å²) in [4.78, 5) is 23.4. The summed E-state index contributed by atoms with van der Waals surface area (Å²) in [6.45, 7) is -0.387. The van der Waals surface area contributed by atoms with Gasteiger partial charge in [0.05, 0.1) is 61.0 Å². The predicted octanol–water partition coefficient (Wildman–Crippen LogP) is 3.58. The second-order valence-electron chi connectivity index (χ2n) is 11.1. The standard InChI is InChI=1S/C33H32N4O12S2/c1-44-28-10-18(22(14-30(28)46-3)36-50(40,41)20-5-7-26-24(12-20)34-32(38)16-48-26)9-19-11-29(45-2)31(47-4)15-23(19)37-51(42,43)21-6-8-27-25(13-21)35-33(39)17-49-27/h5-8,10-15,36-37H,9,16-17H2,1-4H3,(H,34,38)(H,35,39). The molecule has 0 fully saturated rings. The van der Waals surface area contributed by atoms with Gasteiger partial charge in [-0.3, -0.25) is 19.0 Å². The number of carbonyl (C=O) groups is 2. The summed E-state index contributed by atoms with van der Waals surface area (Å²) in [5, 5.41) is 5.18. The van der Waals surface area contributed by atoms with Crippen molar-refractivity contribution in [3.63, 3.8) is 0 Å². The molecule has 2 amide bonds. The summed E-state index contributed by atoms with van der Waals surface area (Å²) in [5.41, 5.74) is 1.26. The van der Waals surface area contributed by atoms with E-state index in [4.69, 9.17) is 28.4 Å². The van der Waals surface area contributed by atoms with Crippen molar-refractivity contribution in [1.82, 2.24) is 0 Å². The summed E-state index contributed by atoms with van der Waals surface area (Å²) >= 11 is 0. The van der Waals surface area contributed by atoms with Crippen LogP contribution in [0.3, 0.4) is 0 Å². The molecule has 2 heterocycles. The van der Waals surface area contributed by atoms with Gasteiger partial charge < -0.3 is 39.1 Å². The first-order chi connectivity index (χ1) is 24.3. The number of hydrogen-bond acceptors (Lipinski definition) is 12. The maximum atomic E-state index is 13.7. The summed E-state index contributed by atoms with van der Waals surface area (Å²) in [6, 6.07) is 14.1. The average Bonchev–Trinajstić information content (AvgIpc) is 3.11. The van der Waals surface area contributed by atoms with Crippen molar-refractivity contribution >= 4 is 54.6 Å². The molecule has 0 aliphatic carbocycles. The molecule has 268 valence electrons. The summed E-state index contributed by atoms with van der Waals surface area (Å²) in [6.07, 6.45) is -0.0708. The Morgan fingerprint density at radius 1 is 0.588 bits per heavy atom. The van der Waals surface area contributed by atoms with Crippen molar-refractivity contribution in [2.45, 2.75) is 16.2 Å². The Bertz CT molecular complexity index is 2120. The first kappa shape index (κ1) is 35.0. The van der Waals surface area contributed by atoms with Crippen molar-refractivity contribution < 1.29 is 54.8 Å². The SMILES string of the molecule is COc1cc(Cc2cc(OC)c(OC)cc2NS(=O)(=O)c2ccc3c(c2)NC(=O)CO3)c(NS(=O)(=O)c2ccc3c(c2)NC(=O)CO3)cc1OC. The number of anilines is 4. The van der Waals surface area contributed by atoms with Crippen LogP contribution < -0.4 is 48.5 Å². The Morgan fingerprint density at radius 3 is 1.33 bits per heavy atom. The van der Waals surface area contributed by atoms with Crippen molar-refractivity contribution in [2.75, 3.05) is 61.7 Å². The highest BCUT2D eigenvalue weighted by molar-refractivity contribution is 7.93. The van der Waals surface area contributed by atoms with Gasteiger partial charge in [-0.25, -0.2) is 16.8 Å². The molecular weight excluding hydrogens is 709 g/mol. The molecule has 51 heavy (non-hydrogen) atoms. The van der Waals surface area contributed by atoms with Crippen molar-refractivity contribution in [3.8, 4) is 34.5 Å². The fraction of sp³-hybridized carbons (Fsp3) is 0.212. The van der Waals surface area contributed by atoms with Gasteiger partial charge in [0.1, 0.15) is 11.5 Å². The maximum absolute atomic E-state index is 13.7. The number of ether oxygens (including phenoxy) is 6. The third kappa shape index (κ3) is 7.22. The maximum Gasteiger partial charge on any atom is 0.262 e. The minimum absolute atomic E-state index is 0.0708. The topological polar surface area (TPSA) is 206 Å². The minimum atomic E-state index is -4.28. The normalized spacial score (nSPS) is 13.6. The molecule has 0 unspecified atom stereocenters. The molecular formula is C33H32N4O12S2.